The van der Waals surface area contributed by atoms with Crippen LogP contribution in [0.5, 0.6) is 11.5 Å². The minimum Gasteiger partial charge on any atom is -0.493 e. The lowest BCUT2D eigenvalue weighted by atomic mass is 10.2. The average molecular weight is 238 g/mol. The van der Waals surface area contributed by atoms with Crippen molar-refractivity contribution in [3.05, 3.63) is 23.8 Å². The number of nitrogens with one attached hydrogen (secondary N) is 1. The number of methoxy groups -OCH3 is 2. The summed E-state index contributed by atoms with van der Waals surface area (Å²) in [6.45, 7) is 2.27. The van der Waals surface area contributed by atoms with Crippen molar-refractivity contribution in [1.82, 2.24) is 5.32 Å². The van der Waals surface area contributed by atoms with Crippen LogP contribution in [0.3, 0.4) is 0 Å². The van der Waals surface area contributed by atoms with Gasteiger partial charge in [-0.1, -0.05) is 6.07 Å². The van der Waals surface area contributed by atoms with Gasteiger partial charge in [-0.3, -0.25) is 4.79 Å². The summed E-state index contributed by atoms with van der Waals surface area (Å²) < 4.78 is 10.3. The van der Waals surface area contributed by atoms with Crippen molar-refractivity contribution in [2.24, 2.45) is 5.73 Å². The zero-order chi connectivity index (χ0) is 12.8. The van der Waals surface area contributed by atoms with Gasteiger partial charge in [0.1, 0.15) is 0 Å². The lowest BCUT2D eigenvalue weighted by molar-refractivity contribution is -0.119. The van der Waals surface area contributed by atoms with Crippen LogP contribution in [0, 0.1) is 0 Å². The Morgan fingerprint density at radius 2 is 2.00 bits per heavy atom. The standard InChI is InChI=1S/C12H18N2O3/c1-8(12(13)15)14-7-9-4-5-10(16-2)11(6-9)17-3/h4-6,8,14H,7H2,1-3H3,(H2,13,15). The Bertz CT molecular complexity index is 393. The van der Waals surface area contributed by atoms with Gasteiger partial charge in [-0.15, -0.1) is 0 Å². The van der Waals surface area contributed by atoms with Crippen LogP contribution in [-0.2, 0) is 11.3 Å². The molecule has 1 amide bonds. The molecule has 0 saturated heterocycles. The Morgan fingerprint density at radius 3 is 2.53 bits per heavy atom. The first kappa shape index (κ1) is 13.3. The molecule has 5 nitrogen and oxygen atoms in total. The molecule has 0 heterocycles. The molecule has 1 unspecified atom stereocenters. The molecule has 0 aliphatic rings. The zero-order valence-electron chi connectivity index (χ0n) is 10.3. The van der Waals surface area contributed by atoms with Crippen molar-refractivity contribution in [1.29, 1.82) is 0 Å². The van der Waals surface area contributed by atoms with E-state index in [0.29, 0.717) is 18.0 Å². The number of carbonyl (C=O) groups is 1. The van der Waals surface area contributed by atoms with Crippen molar-refractivity contribution >= 4 is 5.91 Å². The second-order valence-corrected chi connectivity index (χ2v) is 3.69. The molecular weight excluding hydrogens is 220 g/mol. The van der Waals surface area contributed by atoms with Crippen LogP contribution in [0.1, 0.15) is 12.5 Å². The van der Waals surface area contributed by atoms with Gasteiger partial charge in [0.2, 0.25) is 5.91 Å². The molecule has 1 atom stereocenters. The molecule has 17 heavy (non-hydrogen) atoms. The molecular formula is C12H18N2O3. The monoisotopic (exact) mass is 238 g/mol. The molecule has 0 bridgehead atoms. The molecule has 5 heteroatoms. The van der Waals surface area contributed by atoms with E-state index in [0.717, 1.165) is 5.56 Å². The van der Waals surface area contributed by atoms with Gasteiger partial charge in [-0.05, 0) is 24.6 Å². The molecule has 94 valence electrons. The topological polar surface area (TPSA) is 73.6 Å². The van der Waals surface area contributed by atoms with Gasteiger partial charge < -0.3 is 20.5 Å². The number of primary amides is 1. The Balaban J connectivity index is 2.69. The highest BCUT2D eigenvalue weighted by molar-refractivity contribution is 5.79. The molecule has 0 aliphatic carbocycles. The summed E-state index contributed by atoms with van der Waals surface area (Å²) in [5.41, 5.74) is 6.15. The number of amides is 1. The molecule has 0 fully saturated rings. The molecule has 3 N–H and O–H groups in total. The summed E-state index contributed by atoms with van der Waals surface area (Å²) in [5.74, 6) is 0.975. The molecule has 0 radical (unpaired) electrons. The lowest BCUT2D eigenvalue weighted by Crippen LogP contribution is -2.38. The minimum absolute atomic E-state index is 0.358. The van der Waals surface area contributed by atoms with E-state index in [2.05, 4.69) is 5.32 Å². The van der Waals surface area contributed by atoms with Gasteiger partial charge in [-0.2, -0.15) is 0 Å². The number of ether oxygens (including phenoxy) is 2. The van der Waals surface area contributed by atoms with Crippen molar-refractivity contribution in [3.8, 4) is 11.5 Å². The summed E-state index contributed by atoms with van der Waals surface area (Å²) in [6, 6.07) is 5.23. The highest BCUT2D eigenvalue weighted by atomic mass is 16.5. The van der Waals surface area contributed by atoms with E-state index in [1.807, 2.05) is 18.2 Å². The second kappa shape index (κ2) is 6.10. The average Bonchev–Trinajstić information content (AvgIpc) is 2.35. The maximum atomic E-state index is 10.9. The third kappa shape index (κ3) is 3.64. The van der Waals surface area contributed by atoms with Crippen LogP contribution < -0.4 is 20.5 Å². The fraction of sp³-hybridized carbons (Fsp3) is 0.417. The normalized spacial score (nSPS) is 11.9. The molecule has 0 aliphatic heterocycles. The van der Waals surface area contributed by atoms with Crippen molar-refractivity contribution in [2.45, 2.75) is 19.5 Å². The smallest absolute Gasteiger partial charge is 0.234 e. The van der Waals surface area contributed by atoms with Crippen LogP contribution >= 0.6 is 0 Å². The third-order valence-electron chi connectivity index (χ3n) is 2.49. The summed E-state index contributed by atoms with van der Waals surface area (Å²) >= 11 is 0. The maximum absolute atomic E-state index is 10.9. The Labute approximate surface area is 101 Å². The van der Waals surface area contributed by atoms with E-state index in [1.165, 1.54) is 0 Å². The predicted octanol–water partition coefficient (Wildman–Crippen LogP) is 0.667. The molecule has 1 aromatic rings. The quantitative estimate of drug-likeness (QED) is 0.764. The summed E-state index contributed by atoms with van der Waals surface area (Å²) in [7, 11) is 3.17. The first-order chi connectivity index (χ1) is 8.08. The minimum atomic E-state index is -0.370. The largest absolute Gasteiger partial charge is 0.493 e. The first-order valence-electron chi connectivity index (χ1n) is 5.32. The van der Waals surface area contributed by atoms with Gasteiger partial charge in [0.25, 0.3) is 0 Å². The number of nitrogens with two attached hydrogens (primary N) is 1. The van der Waals surface area contributed by atoms with Gasteiger partial charge in [0, 0.05) is 6.54 Å². The van der Waals surface area contributed by atoms with Gasteiger partial charge in [0.05, 0.1) is 20.3 Å². The predicted molar refractivity (Wildman–Crippen MR) is 65.0 cm³/mol. The summed E-state index contributed by atoms with van der Waals surface area (Å²) in [6.07, 6.45) is 0. The second-order valence-electron chi connectivity index (χ2n) is 3.69. The van der Waals surface area contributed by atoms with Crippen molar-refractivity contribution in [2.75, 3.05) is 14.2 Å². The SMILES string of the molecule is COc1ccc(CNC(C)C(N)=O)cc1OC. The van der Waals surface area contributed by atoms with E-state index >= 15 is 0 Å². The Morgan fingerprint density at radius 1 is 1.35 bits per heavy atom. The number of hydrogen-bond donors (Lipinski definition) is 2. The fourth-order valence-corrected chi connectivity index (χ4v) is 1.36. The molecule has 0 saturated carbocycles. The number of hydrogen-bond acceptors (Lipinski definition) is 4. The summed E-state index contributed by atoms with van der Waals surface area (Å²) in [4.78, 5) is 10.9. The number of carbonyl (C=O) groups excluding carboxylic acids is 1. The van der Waals surface area contributed by atoms with E-state index in [-0.39, 0.29) is 11.9 Å². The van der Waals surface area contributed by atoms with E-state index in [4.69, 9.17) is 15.2 Å². The highest BCUT2D eigenvalue weighted by Crippen LogP contribution is 2.27. The van der Waals surface area contributed by atoms with Crippen molar-refractivity contribution < 1.29 is 14.3 Å². The molecule has 1 aromatic carbocycles. The van der Waals surface area contributed by atoms with Crippen molar-refractivity contribution in [3.63, 3.8) is 0 Å². The summed E-state index contributed by atoms with van der Waals surface area (Å²) in [5, 5.41) is 3.02. The van der Waals surface area contributed by atoms with E-state index < -0.39 is 0 Å². The first-order valence-corrected chi connectivity index (χ1v) is 5.32. The van der Waals surface area contributed by atoms with E-state index in [9.17, 15) is 4.79 Å². The van der Waals surface area contributed by atoms with Gasteiger partial charge in [-0.25, -0.2) is 0 Å². The Hall–Kier alpha value is -1.75. The Kier molecular flexibility index (Phi) is 4.78. The molecule has 1 rings (SSSR count). The van der Waals surface area contributed by atoms with E-state index in [1.54, 1.807) is 21.1 Å². The maximum Gasteiger partial charge on any atom is 0.234 e. The number of benzene rings is 1. The zero-order valence-corrected chi connectivity index (χ0v) is 10.3. The van der Waals surface area contributed by atoms with Crippen LogP contribution in [-0.4, -0.2) is 26.2 Å². The highest BCUT2D eigenvalue weighted by Gasteiger charge is 2.09. The van der Waals surface area contributed by atoms with Gasteiger partial charge in [0.15, 0.2) is 11.5 Å². The lowest BCUT2D eigenvalue weighted by Gasteiger charge is -2.12. The molecule has 0 aromatic heterocycles. The van der Waals surface area contributed by atoms with Crippen LogP contribution in [0.25, 0.3) is 0 Å². The van der Waals surface area contributed by atoms with Gasteiger partial charge >= 0.3 is 0 Å². The van der Waals surface area contributed by atoms with Crippen LogP contribution in [0.15, 0.2) is 18.2 Å². The fourth-order valence-electron chi connectivity index (χ4n) is 1.36. The van der Waals surface area contributed by atoms with Crippen LogP contribution in [0.4, 0.5) is 0 Å². The number of rotatable bonds is 6. The third-order valence-corrected chi connectivity index (χ3v) is 2.49. The molecule has 0 spiro atoms. The van der Waals surface area contributed by atoms with Crippen LogP contribution in [0.2, 0.25) is 0 Å².